The Kier molecular flexibility index (Phi) is 2.28. The van der Waals surface area contributed by atoms with E-state index in [1.54, 1.807) is 6.20 Å². The van der Waals surface area contributed by atoms with Crippen molar-refractivity contribution in [3.05, 3.63) is 29.6 Å². The van der Waals surface area contributed by atoms with Crippen LogP contribution in [-0.4, -0.2) is 19.7 Å². The molecule has 0 saturated heterocycles. The predicted octanol–water partition coefficient (Wildman–Crippen LogP) is 1.05. The molecule has 1 unspecified atom stereocenters. The summed E-state index contributed by atoms with van der Waals surface area (Å²) in [6.07, 6.45) is 3.86. The molecule has 1 aromatic heterocycles. The number of aromatic nitrogens is 1. The van der Waals surface area contributed by atoms with E-state index in [4.69, 9.17) is 4.18 Å². The van der Waals surface area contributed by atoms with Crippen molar-refractivity contribution in [2.75, 3.05) is 6.26 Å². The van der Waals surface area contributed by atoms with Crippen molar-refractivity contribution in [1.29, 1.82) is 0 Å². The quantitative estimate of drug-likeness (QED) is 0.689. The standard InChI is InChI=1S/C9H11NO3S/c1-14(11,12)13-8-5-4-7-3-2-6-10-9(7)8/h2-3,6,8H,4-5H2,1H3. The summed E-state index contributed by atoms with van der Waals surface area (Å²) in [5.41, 5.74) is 1.85. The van der Waals surface area contributed by atoms with E-state index in [2.05, 4.69) is 4.98 Å². The highest BCUT2D eigenvalue weighted by molar-refractivity contribution is 7.86. The molecular weight excluding hydrogens is 202 g/mol. The van der Waals surface area contributed by atoms with Crippen molar-refractivity contribution in [1.82, 2.24) is 4.98 Å². The maximum absolute atomic E-state index is 10.9. The highest BCUT2D eigenvalue weighted by atomic mass is 32.2. The van der Waals surface area contributed by atoms with Crippen molar-refractivity contribution in [3.63, 3.8) is 0 Å². The van der Waals surface area contributed by atoms with Crippen molar-refractivity contribution in [2.45, 2.75) is 18.9 Å². The monoisotopic (exact) mass is 213 g/mol. The summed E-state index contributed by atoms with van der Waals surface area (Å²) >= 11 is 0. The second-order valence-electron chi connectivity index (χ2n) is 3.38. The lowest BCUT2D eigenvalue weighted by molar-refractivity contribution is 0.213. The van der Waals surface area contributed by atoms with Crippen LogP contribution in [0.15, 0.2) is 18.3 Å². The van der Waals surface area contributed by atoms with E-state index in [-0.39, 0.29) is 6.10 Å². The van der Waals surface area contributed by atoms with Gasteiger partial charge in [0.15, 0.2) is 0 Å². The molecule has 0 aromatic carbocycles. The molecule has 4 nitrogen and oxygen atoms in total. The SMILES string of the molecule is CS(=O)(=O)OC1CCc2cccnc21. The number of fused-ring (bicyclic) bond motifs is 1. The van der Waals surface area contributed by atoms with Gasteiger partial charge in [0.05, 0.1) is 11.9 Å². The Morgan fingerprint density at radius 1 is 1.57 bits per heavy atom. The van der Waals surface area contributed by atoms with Gasteiger partial charge in [0.25, 0.3) is 10.1 Å². The smallest absolute Gasteiger partial charge is 0.260 e. The summed E-state index contributed by atoms with van der Waals surface area (Å²) in [6.45, 7) is 0. The zero-order chi connectivity index (χ0) is 10.2. The molecule has 0 saturated carbocycles. The maximum atomic E-state index is 10.9. The van der Waals surface area contributed by atoms with Crippen LogP contribution in [-0.2, 0) is 20.7 Å². The first-order chi connectivity index (χ1) is 6.56. The Labute approximate surface area is 83.1 Å². The number of aryl methyl sites for hydroxylation is 1. The molecule has 1 aliphatic carbocycles. The lowest BCUT2D eigenvalue weighted by Gasteiger charge is -2.09. The van der Waals surface area contributed by atoms with Gasteiger partial charge in [-0.25, -0.2) is 0 Å². The lowest BCUT2D eigenvalue weighted by Crippen LogP contribution is -2.08. The van der Waals surface area contributed by atoms with E-state index in [1.165, 1.54) is 0 Å². The van der Waals surface area contributed by atoms with E-state index >= 15 is 0 Å². The highest BCUT2D eigenvalue weighted by Gasteiger charge is 2.27. The van der Waals surface area contributed by atoms with Crippen LogP contribution in [0, 0.1) is 0 Å². The van der Waals surface area contributed by atoms with Crippen LogP contribution >= 0.6 is 0 Å². The Morgan fingerprint density at radius 2 is 2.36 bits per heavy atom. The zero-order valence-electron chi connectivity index (χ0n) is 7.80. The minimum Gasteiger partial charge on any atom is -0.260 e. The molecule has 0 amide bonds. The fraction of sp³-hybridized carbons (Fsp3) is 0.444. The first-order valence-corrected chi connectivity index (χ1v) is 6.20. The van der Waals surface area contributed by atoms with E-state index in [9.17, 15) is 8.42 Å². The third-order valence-electron chi connectivity index (χ3n) is 2.20. The first-order valence-electron chi connectivity index (χ1n) is 4.38. The number of nitrogens with zero attached hydrogens (tertiary/aromatic N) is 1. The van der Waals surface area contributed by atoms with Crippen LogP contribution in [0.25, 0.3) is 0 Å². The predicted molar refractivity (Wildman–Crippen MR) is 51.2 cm³/mol. The van der Waals surface area contributed by atoms with Gasteiger partial charge < -0.3 is 0 Å². The third-order valence-corrected chi connectivity index (χ3v) is 2.78. The van der Waals surface area contributed by atoms with Crippen molar-refractivity contribution in [3.8, 4) is 0 Å². The zero-order valence-corrected chi connectivity index (χ0v) is 8.62. The summed E-state index contributed by atoms with van der Waals surface area (Å²) in [4.78, 5) is 4.14. The van der Waals surface area contributed by atoms with Gasteiger partial charge in [-0.3, -0.25) is 9.17 Å². The number of hydrogen-bond acceptors (Lipinski definition) is 4. The molecule has 5 heteroatoms. The number of rotatable bonds is 2. The van der Waals surface area contributed by atoms with E-state index in [0.717, 1.165) is 23.9 Å². The second-order valence-corrected chi connectivity index (χ2v) is 4.98. The summed E-state index contributed by atoms with van der Waals surface area (Å²) in [5, 5.41) is 0. The Hall–Kier alpha value is -0.940. The van der Waals surface area contributed by atoms with Gasteiger partial charge >= 0.3 is 0 Å². The lowest BCUT2D eigenvalue weighted by atomic mass is 10.2. The van der Waals surface area contributed by atoms with Crippen LogP contribution < -0.4 is 0 Å². The van der Waals surface area contributed by atoms with E-state index in [1.807, 2.05) is 12.1 Å². The third kappa shape index (κ3) is 1.93. The number of hydrogen-bond donors (Lipinski definition) is 0. The van der Waals surface area contributed by atoms with Gasteiger partial charge in [-0.1, -0.05) is 6.07 Å². The molecule has 0 aliphatic heterocycles. The van der Waals surface area contributed by atoms with Gasteiger partial charge in [-0.2, -0.15) is 8.42 Å². The minimum absolute atomic E-state index is 0.388. The van der Waals surface area contributed by atoms with Crippen LogP contribution in [0.3, 0.4) is 0 Å². The summed E-state index contributed by atoms with van der Waals surface area (Å²) in [5.74, 6) is 0. The van der Waals surface area contributed by atoms with Gasteiger partial charge in [0.2, 0.25) is 0 Å². The molecule has 76 valence electrons. The van der Waals surface area contributed by atoms with Crippen molar-refractivity contribution in [2.24, 2.45) is 0 Å². The van der Waals surface area contributed by atoms with Gasteiger partial charge in [-0.05, 0) is 24.5 Å². The van der Waals surface area contributed by atoms with Crippen molar-refractivity contribution >= 4 is 10.1 Å². The number of pyridine rings is 1. The molecule has 1 heterocycles. The molecular formula is C9H11NO3S. The van der Waals surface area contributed by atoms with Crippen LogP contribution in [0.1, 0.15) is 23.8 Å². The second kappa shape index (κ2) is 3.33. The summed E-state index contributed by atoms with van der Waals surface area (Å²) in [6, 6.07) is 3.80. The fourth-order valence-electron chi connectivity index (χ4n) is 1.68. The first kappa shape index (κ1) is 9.61. The van der Waals surface area contributed by atoms with E-state index < -0.39 is 10.1 Å². The summed E-state index contributed by atoms with van der Waals surface area (Å²) in [7, 11) is -3.39. The molecule has 0 N–H and O–H groups in total. The molecule has 1 atom stereocenters. The Morgan fingerprint density at radius 3 is 3.07 bits per heavy atom. The molecule has 14 heavy (non-hydrogen) atoms. The van der Waals surface area contributed by atoms with Crippen molar-refractivity contribution < 1.29 is 12.6 Å². The minimum atomic E-state index is -3.39. The van der Waals surface area contributed by atoms with Crippen LogP contribution in [0.2, 0.25) is 0 Å². The summed E-state index contributed by atoms with van der Waals surface area (Å²) < 4.78 is 26.8. The molecule has 0 bridgehead atoms. The average molecular weight is 213 g/mol. The Bertz CT molecular complexity index is 441. The van der Waals surface area contributed by atoms with E-state index in [0.29, 0.717) is 6.42 Å². The molecule has 0 fully saturated rings. The van der Waals surface area contributed by atoms with Gasteiger partial charge in [0.1, 0.15) is 6.10 Å². The molecule has 0 spiro atoms. The average Bonchev–Trinajstić information content (AvgIpc) is 2.47. The normalized spacial score (nSPS) is 20.8. The van der Waals surface area contributed by atoms with Gasteiger partial charge in [-0.15, -0.1) is 0 Å². The van der Waals surface area contributed by atoms with Gasteiger partial charge in [0, 0.05) is 6.20 Å². The molecule has 0 radical (unpaired) electrons. The largest absolute Gasteiger partial charge is 0.265 e. The van der Waals surface area contributed by atoms with Crippen LogP contribution in [0.5, 0.6) is 0 Å². The topological polar surface area (TPSA) is 56.3 Å². The molecule has 2 rings (SSSR count). The maximum Gasteiger partial charge on any atom is 0.265 e. The molecule has 1 aromatic rings. The highest BCUT2D eigenvalue weighted by Crippen LogP contribution is 2.32. The fourth-order valence-corrected chi connectivity index (χ4v) is 2.29. The Balaban J connectivity index is 2.27. The molecule has 1 aliphatic rings. The van der Waals surface area contributed by atoms with Crippen LogP contribution in [0.4, 0.5) is 0 Å².